The van der Waals surface area contributed by atoms with Crippen LogP contribution in [0.5, 0.6) is 0 Å². The lowest BCUT2D eigenvalue weighted by Gasteiger charge is -2.10. The molecule has 0 heterocycles. The van der Waals surface area contributed by atoms with Gasteiger partial charge in [0.15, 0.2) is 29.4 Å². The molecule has 316 valence electrons. The Morgan fingerprint density at radius 1 is 0.154 bits per heavy atom. The average Bonchev–Trinajstić information content (AvgIpc) is 3.38. The highest BCUT2D eigenvalue weighted by Crippen LogP contribution is 2.36. The van der Waals surface area contributed by atoms with E-state index in [9.17, 15) is 0 Å². The molecule has 0 unspecified atom stereocenters. The zero-order chi connectivity index (χ0) is 44.1. The highest BCUT2D eigenvalue weighted by Gasteiger charge is 2.29. The minimum Gasteiger partial charge on any atom is -0.0901 e. The van der Waals surface area contributed by atoms with Gasteiger partial charge in [-0.25, -0.2) is 0 Å². The summed E-state index contributed by atoms with van der Waals surface area (Å²) in [5.74, 6) is 0. The van der Waals surface area contributed by atoms with Gasteiger partial charge in [-0.1, -0.05) is 181 Å². The number of rotatable bonds is 12. The quantitative estimate of drug-likeness (QED) is 0.112. The molecule has 0 radical (unpaired) electrons. The van der Waals surface area contributed by atoms with Crippen molar-refractivity contribution in [1.29, 1.82) is 0 Å². The van der Waals surface area contributed by atoms with Crippen LogP contribution in [-0.4, -0.2) is 0 Å². The second-order valence-corrected chi connectivity index (χ2v) is 21.9. The van der Waals surface area contributed by atoms with Gasteiger partial charge in [-0.2, -0.15) is 0 Å². The van der Waals surface area contributed by atoms with E-state index in [1.54, 1.807) is 23.5 Å². The van der Waals surface area contributed by atoms with Crippen molar-refractivity contribution in [3.63, 3.8) is 0 Å². The standard InChI is InChI=1S/C36H28S3.2C12H10S/c1-5-13-31(14-6-1)38(32-15-7-2-8-16-32)35-25-21-29(22-26-35)37-30-23-27-36(28-24-30)39(33-17-9-3-10-18-33)34-19-11-4-12-20-34;2*1-3-7-11(8-4-1)13-12-9-5-2-6-10-12/h1-28H;2*1-10H/q+2;;. The van der Waals surface area contributed by atoms with Crippen molar-refractivity contribution in [3.8, 4) is 0 Å². The molecule has 65 heavy (non-hydrogen) atoms. The Morgan fingerprint density at radius 3 is 0.508 bits per heavy atom. The van der Waals surface area contributed by atoms with Crippen molar-refractivity contribution in [2.24, 2.45) is 0 Å². The van der Waals surface area contributed by atoms with E-state index in [-0.39, 0.29) is 21.8 Å². The van der Waals surface area contributed by atoms with Crippen LogP contribution < -0.4 is 0 Å². The first-order valence-electron chi connectivity index (χ1n) is 21.4. The molecule has 0 amide bonds. The first-order chi connectivity index (χ1) is 32.2. The highest BCUT2D eigenvalue weighted by molar-refractivity contribution is 8.00. The summed E-state index contributed by atoms with van der Waals surface area (Å²) in [6, 6.07) is 103. The number of benzene rings is 10. The second-order valence-electron chi connectivity index (χ2n) is 14.4. The summed E-state index contributed by atoms with van der Waals surface area (Å²) >= 11 is 5.39. The molecule has 0 saturated carbocycles. The van der Waals surface area contributed by atoms with Crippen molar-refractivity contribution in [2.45, 2.75) is 58.7 Å². The van der Waals surface area contributed by atoms with Gasteiger partial charge in [-0.05, 0) is 146 Å². The smallest absolute Gasteiger partial charge is 0.0901 e. The van der Waals surface area contributed by atoms with Gasteiger partial charge < -0.3 is 0 Å². The van der Waals surface area contributed by atoms with Gasteiger partial charge in [0.25, 0.3) is 0 Å². The maximum absolute atomic E-state index is 2.29. The zero-order valence-electron chi connectivity index (χ0n) is 35.8. The van der Waals surface area contributed by atoms with E-state index < -0.39 is 0 Å². The summed E-state index contributed by atoms with van der Waals surface area (Å²) < 4.78 is 0. The van der Waals surface area contributed by atoms with Crippen LogP contribution in [0.3, 0.4) is 0 Å². The SMILES string of the molecule is c1ccc(Sc2ccccc2)cc1.c1ccc(Sc2ccccc2)cc1.c1ccc([S+](c2ccccc2)c2ccc(Sc3ccc([S+](c4ccccc4)c4ccccc4)cc3)cc2)cc1. The molecule has 0 saturated heterocycles. The van der Waals surface area contributed by atoms with Crippen molar-refractivity contribution >= 4 is 57.1 Å². The predicted molar refractivity (Wildman–Crippen MR) is 281 cm³/mol. The molecule has 0 bridgehead atoms. The largest absolute Gasteiger partial charge is 0.166 e. The van der Waals surface area contributed by atoms with Crippen molar-refractivity contribution < 1.29 is 0 Å². The van der Waals surface area contributed by atoms with E-state index in [1.807, 2.05) is 36.0 Å². The maximum atomic E-state index is 2.29. The lowest BCUT2D eigenvalue weighted by Crippen LogP contribution is -2.04. The fraction of sp³-hybridized carbons (Fsp3) is 0. The molecule has 5 heteroatoms. The van der Waals surface area contributed by atoms with Crippen LogP contribution in [0.15, 0.2) is 350 Å². The Morgan fingerprint density at radius 2 is 0.308 bits per heavy atom. The van der Waals surface area contributed by atoms with Crippen molar-refractivity contribution in [2.75, 3.05) is 0 Å². The van der Waals surface area contributed by atoms with Crippen LogP contribution in [0, 0.1) is 0 Å². The molecule has 0 aliphatic carbocycles. The molecule has 10 rings (SSSR count). The first kappa shape index (κ1) is 45.5. The average molecular weight is 929 g/mol. The van der Waals surface area contributed by atoms with Gasteiger partial charge in [-0.3, -0.25) is 0 Å². The van der Waals surface area contributed by atoms with E-state index >= 15 is 0 Å². The van der Waals surface area contributed by atoms with E-state index in [2.05, 4.69) is 267 Å². The third kappa shape index (κ3) is 14.0. The van der Waals surface area contributed by atoms with E-state index in [1.165, 1.54) is 58.7 Å². The molecule has 10 aromatic carbocycles. The van der Waals surface area contributed by atoms with Crippen LogP contribution in [0.2, 0.25) is 0 Å². The fourth-order valence-corrected chi connectivity index (χ4v) is 13.4. The Bertz CT molecular complexity index is 2480. The number of hydrogen-bond acceptors (Lipinski definition) is 3. The third-order valence-corrected chi connectivity index (χ3v) is 17.2. The lowest BCUT2D eigenvalue weighted by molar-refractivity contribution is 1.27. The zero-order valence-corrected chi connectivity index (χ0v) is 39.8. The molecular formula is C60H48S5+2. The molecular weight excluding hydrogens is 881 g/mol. The summed E-state index contributed by atoms with van der Waals surface area (Å²) in [5, 5.41) is 0. The molecule has 10 aromatic rings. The second kappa shape index (κ2) is 24.9. The minimum absolute atomic E-state index is 0.123. The van der Waals surface area contributed by atoms with Gasteiger partial charge in [0.1, 0.15) is 0 Å². The van der Waals surface area contributed by atoms with Gasteiger partial charge in [0, 0.05) is 29.4 Å². The van der Waals surface area contributed by atoms with Crippen LogP contribution in [0.1, 0.15) is 0 Å². The molecule has 0 nitrogen and oxygen atoms in total. The summed E-state index contributed by atoms with van der Waals surface area (Å²) in [7, 11) is -0.245. The van der Waals surface area contributed by atoms with Gasteiger partial charge in [-0.15, -0.1) is 0 Å². The Labute approximate surface area is 404 Å². The molecule has 0 aromatic heterocycles. The summed E-state index contributed by atoms with van der Waals surface area (Å²) in [4.78, 5) is 15.7. The third-order valence-electron chi connectivity index (χ3n) is 9.71. The molecule has 0 N–H and O–H groups in total. The number of hydrogen-bond donors (Lipinski definition) is 0. The summed E-state index contributed by atoms with van der Waals surface area (Å²) in [5.41, 5.74) is 0. The molecule has 0 atom stereocenters. The van der Waals surface area contributed by atoms with Crippen LogP contribution in [-0.2, 0) is 21.8 Å². The highest BCUT2D eigenvalue weighted by atomic mass is 32.2. The lowest BCUT2D eigenvalue weighted by atomic mass is 10.3. The monoisotopic (exact) mass is 928 g/mol. The van der Waals surface area contributed by atoms with Gasteiger partial charge >= 0.3 is 0 Å². The first-order valence-corrected chi connectivity index (χ1v) is 26.3. The molecule has 0 fully saturated rings. The van der Waals surface area contributed by atoms with Crippen molar-refractivity contribution in [3.05, 3.63) is 291 Å². The Hall–Kier alpha value is -6.05. The van der Waals surface area contributed by atoms with E-state index in [4.69, 9.17) is 0 Å². The molecule has 0 aliphatic rings. The van der Waals surface area contributed by atoms with Crippen LogP contribution in [0.25, 0.3) is 0 Å². The van der Waals surface area contributed by atoms with Crippen LogP contribution in [0.4, 0.5) is 0 Å². The maximum Gasteiger partial charge on any atom is 0.166 e. The Balaban J connectivity index is 0.000000178. The topological polar surface area (TPSA) is 0 Å². The van der Waals surface area contributed by atoms with Gasteiger partial charge in [0.05, 0.1) is 21.8 Å². The van der Waals surface area contributed by atoms with E-state index in [0.29, 0.717) is 0 Å². The minimum atomic E-state index is -0.123. The van der Waals surface area contributed by atoms with Crippen molar-refractivity contribution in [1.82, 2.24) is 0 Å². The van der Waals surface area contributed by atoms with E-state index in [0.717, 1.165) is 0 Å². The fourth-order valence-electron chi connectivity index (χ4n) is 6.69. The Kier molecular flexibility index (Phi) is 17.4. The van der Waals surface area contributed by atoms with Crippen LogP contribution >= 0.6 is 35.3 Å². The molecule has 0 spiro atoms. The molecule has 0 aliphatic heterocycles. The predicted octanol–water partition coefficient (Wildman–Crippen LogP) is 17.7. The normalized spacial score (nSPS) is 10.6. The summed E-state index contributed by atoms with van der Waals surface area (Å²) in [6.07, 6.45) is 0. The summed E-state index contributed by atoms with van der Waals surface area (Å²) in [6.45, 7) is 0. The van der Waals surface area contributed by atoms with Gasteiger partial charge in [0.2, 0.25) is 0 Å².